The molecule has 0 bridgehead atoms. The molecule has 0 aliphatic heterocycles. The van der Waals surface area contributed by atoms with Crippen molar-refractivity contribution in [1.29, 1.82) is 0 Å². The second kappa shape index (κ2) is 5.65. The Labute approximate surface area is 127 Å². The number of amides is 1. The summed E-state index contributed by atoms with van der Waals surface area (Å²) in [5, 5.41) is 9.79. The highest BCUT2D eigenvalue weighted by molar-refractivity contribution is 6.33. The van der Waals surface area contributed by atoms with Gasteiger partial charge in [0.15, 0.2) is 0 Å². The molecule has 0 spiro atoms. The SMILES string of the molecule is CC(C)(C)OC(=O)Nc1ccc(Cl)c(-c2[nH]ncc2N)c1. The van der Waals surface area contributed by atoms with Gasteiger partial charge >= 0.3 is 6.09 Å². The number of carbonyl (C=O) groups excluding carboxylic acids is 1. The van der Waals surface area contributed by atoms with Gasteiger partial charge in [0, 0.05) is 11.3 Å². The number of aromatic nitrogens is 2. The van der Waals surface area contributed by atoms with Crippen LogP contribution in [-0.4, -0.2) is 21.9 Å². The Bertz CT molecular complexity index is 661. The summed E-state index contributed by atoms with van der Waals surface area (Å²) in [4.78, 5) is 11.8. The van der Waals surface area contributed by atoms with E-state index in [0.29, 0.717) is 27.7 Å². The van der Waals surface area contributed by atoms with Crippen molar-refractivity contribution in [2.75, 3.05) is 11.1 Å². The van der Waals surface area contributed by atoms with Gasteiger partial charge in [-0.2, -0.15) is 5.10 Å². The van der Waals surface area contributed by atoms with Gasteiger partial charge in [-0.15, -0.1) is 0 Å². The number of nitrogens with two attached hydrogens (primary N) is 1. The van der Waals surface area contributed by atoms with Crippen LogP contribution in [0.3, 0.4) is 0 Å². The van der Waals surface area contributed by atoms with E-state index in [1.807, 2.05) is 0 Å². The average molecular weight is 309 g/mol. The van der Waals surface area contributed by atoms with Crippen molar-refractivity contribution in [3.63, 3.8) is 0 Å². The quantitative estimate of drug-likeness (QED) is 0.789. The van der Waals surface area contributed by atoms with E-state index in [2.05, 4.69) is 15.5 Å². The molecule has 0 aliphatic rings. The Hall–Kier alpha value is -2.21. The molecular weight excluding hydrogens is 292 g/mol. The smallest absolute Gasteiger partial charge is 0.412 e. The molecule has 0 unspecified atom stereocenters. The van der Waals surface area contributed by atoms with Crippen molar-refractivity contribution >= 4 is 29.1 Å². The highest BCUT2D eigenvalue weighted by Gasteiger charge is 2.17. The van der Waals surface area contributed by atoms with E-state index in [1.165, 1.54) is 6.20 Å². The summed E-state index contributed by atoms with van der Waals surface area (Å²) in [6, 6.07) is 5.06. The summed E-state index contributed by atoms with van der Waals surface area (Å²) in [7, 11) is 0. The number of carbonyl (C=O) groups is 1. The van der Waals surface area contributed by atoms with Gasteiger partial charge < -0.3 is 10.5 Å². The van der Waals surface area contributed by atoms with Crippen LogP contribution in [0.15, 0.2) is 24.4 Å². The van der Waals surface area contributed by atoms with Crippen LogP contribution in [-0.2, 0) is 4.74 Å². The second-order valence-electron chi connectivity index (χ2n) is 5.52. The fraction of sp³-hybridized carbons (Fsp3) is 0.286. The molecule has 112 valence electrons. The number of anilines is 2. The van der Waals surface area contributed by atoms with Crippen LogP contribution >= 0.6 is 11.6 Å². The molecule has 0 fully saturated rings. The summed E-state index contributed by atoms with van der Waals surface area (Å²) in [5.41, 5.74) is 7.54. The maximum Gasteiger partial charge on any atom is 0.412 e. The summed E-state index contributed by atoms with van der Waals surface area (Å²) < 4.78 is 5.20. The molecule has 21 heavy (non-hydrogen) atoms. The van der Waals surface area contributed by atoms with Gasteiger partial charge in [-0.25, -0.2) is 4.79 Å². The summed E-state index contributed by atoms with van der Waals surface area (Å²) in [5.74, 6) is 0. The van der Waals surface area contributed by atoms with Gasteiger partial charge in [0.05, 0.1) is 22.6 Å². The molecule has 1 heterocycles. The Balaban J connectivity index is 2.24. The zero-order chi connectivity index (χ0) is 15.6. The predicted octanol–water partition coefficient (Wildman–Crippen LogP) is 3.66. The lowest BCUT2D eigenvalue weighted by molar-refractivity contribution is 0.0636. The van der Waals surface area contributed by atoms with Crippen molar-refractivity contribution in [3.05, 3.63) is 29.4 Å². The monoisotopic (exact) mass is 308 g/mol. The third-order valence-electron chi connectivity index (χ3n) is 2.55. The van der Waals surface area contributed by atoms with Gasteiger partial charge in [-0.3, -0.25) is 10.4 Å². The maximum atomic E-state index is 11.8. The van der Waals surface area contributed by atoms with Gasteiger partial charge in [0.25, 0.3) is 0 Å². The van der Waals surface area contributed by atoms with E-state index in [4.69, 9.17) is 22.1 Å². The van der Waals surface area contributed by atoms with E-state index < -0.39 is 11.7 Å². The summed E-state index contributed by atoms with van der Waals surface area (Å²) in [6.07, 6.45) is 0.966. The first-order valence-corrected chi connectivity index (χ1v) is 6.73. The molecule has 4 N–H and O–H groups in total. The zero-order valence-corrected chi connectivity index (χ0v) is 12.8. The normalized spacial score (nSPS) is 11.2. The number of rotatable bonds is 2. The summed E-state index contributed by atoms with van der Waals surface area (Å²) in [6.45, 7) is 5.39. The van der Waals surface area contributed by atoms with Gasteiger partial charge in [-0.05, 0) is 39.0 Å². The first kappa shape index (κ1) is 15.2. The van der Waals surface area contributed by atoms with Crippen LogP contribution in [0.5, 0.6) is 0 Å². The Morgan fingerprint density at radius 2 is 2.14 bits per heavy atom. The topological polar surface area (TPSA) is 93.0 Å². The van der Waals surface area contributed by atoms with Crippen molar-refractivity contribution in [2.45, 2.75) is 26.4 Å². The first-order chi connectivity index (χ1) is 9.76. The Morgan fingerprint density at radius 1 is 1.43 bits per heavy atom. The molecule has 1 aromatic carbocycles. The molecule has 0 saturated carbocycles. The minimum Gasteiger partial charge on any atom is -0.444 e. The Morgan fingerprint density at radius 3 is 2.71 bits per heavy atom. The van der Waals surface area contributed by atoms with E-state index in [0.717, 1.165) is 0 Å². The fourth-order valence-corrected chi connectivity index (χ4v) is 1.94. The van der Waals surface area contributed by atoms with Crippen molar-refractivity contribution in [1.82, 2.24) is 10.2 Å². The highest BCUT2D eigenvalue weighted by atomic mass is 35.5. The molecular formula is C14H17ClN4O2. The number of nitrogen functional groups attached to an aromatic ring is 1. The van der Waals surface area contributed by atoms with Crippen LogP contribution in [0.4, 0.5) is 16.2 Å². The molecule has 7 heteroatoms. The van der Waals surface area contributed by atoms with E-state index in [9.17, 15) is 4.79 Å². The molecule has 0 saturated heterocycles. The van der Waals surface area contributed by atoms with Crippen LogP contribution in [0.1, 0.15) is 20.8 Å². The van der Waals surface area contributed by atoms with Crippen molar-refractivity contribution < 1.29 is 9.53 Å². The number of aromatic amines is 1. The lowest BCUT2D eigenvalue weighted by atomic mass is 10.1. The fourth-order valence-electron chi connectivity index (χ4n) is 1.73. The van der Waals surface area contributed by atoms with Crippen LogP contribution in [0.2, 0.25) is 5.02 Å². The largest absolute Gasteiger partial charge is 0.444 e. The molecule has 1 aromatic heterocycles. The number of nitrogens with zero attached hydrogens (tertiary/aromatic N) is 1. The van der Waals surface area contributed by atoms with Crippen LogP contribution in [0.25, 0.3) is 11.3 Å². The number of H-pyrrole nitrogens is 1. The van der Waals surface area contributed by atoms with Crippen LogP contribution in [0, 0.1) is 0 Å². The number of benzene rings is 1. The van der Waals surface area contributed by atoms with Gasteiger partial charge in [-0.1, -0.05) is 11.6 Å². The standard InChI is InChI=1S/C14H17ClN4O2/c1-14(2,3)21-13(20)18-8-4-5-10(15)9(6-8)12-11(16)7-17-19-12/h4-7H,16H2,1-3H3,(H,17,19)(H,18,20). The van der Waals surface area contributed by atoms with Crippen molar-refractivity contribution in [3.8, 4) is 11.3 Å². The Kier molecular flexibility index (Phi) is 4.09. The first-order valence-electron chi connectivity index (χ1n) is 6.35. The molecule has 0 atom stereocenters. The minimum atomic E-state index is -0.562. The highest BCUT2D eigenvalue weighted by Crippen LogP contribution is 2.32. The lowest BCUT2D eigenvalue weighted by Crippen LogP contribution is -2.27. The zero-order valence-electron chi connectivity index (χ0n) is 12.0. The summed E-state index contributed by atoms with van der Waals surface area (Å²) >= 11 is 6.16. The molecule has 0 radical (unpaired) electrons. The number of hydrogen-bond acceptors (Lipinski definition) is 4. The van der Waals surface area contributed by atoms with Crippen molar-refractivity contribution in [2.24, 2.45) is 0 Å². The van der Waals surface area contributed by atoms with E-state index in [1.54, 1.807) is 39.0 Å². The third kappa shape index (κ3) is 3.88. The van der Waals surface area contributed by atoms with Gasteiger partial charge in [0.1, 0.15) is 5.60 Å². The molecule has 2 aromatic rings. The predicted molar refractivity (Wildman–Crippen MR) is 83.3 cm³/mol. The molecule has 2 rings (SSSR count). The molecule has 1 amide bonds. The third-order valence-corrected chi connectivity index (χ3v) is 2.88. The lowest BCUT2D eigenvalue weighted by Gasteiger charge is -2.19. The number of ether oxygens (including phenoxy) is 1. The maximum absolute atomic E-state index is 11.8. The van der Waals surface area contributed by atoms with E-state index in [-0.39, 0.29) is 0 Å². The number of hydrogen-bond donors (Lipinski definition) is 3. The molecule has 0 aliphatic carbocycles. The van der Waals surface area contributed by atoms with Gasteiger partial charge in [0.2, 0.25) is 0 Å². The minimum absolute atomic E-state index is 0.478. The number of nitrogens with one attached hydrogen (secondary N) is 2. The van der Waals surface area contributed by atoms with E-state index >= 15 is 0 Å². The van der Waals surface area contributed by atoms with Crippen LogP contribution < -0.4 is 11.1 Å². The average Bonchev–Trinajstić information content (AvgIpc) is 2.75. The second-order valence-corrected chi connectivity index (χ2v) is 5.93. The molecule has 6 nitrogen and oxygen atoms in total. The number of halogens is 1.